The molecule has 2 fully saturated rings. The largest absolute Gasteiger partial charge is 0.461 e. The molecule has 148 valence electrons. The first-order valence-corrected chi connectivity index (χ1v) is 10.1. The van der Waals surface area contributed by atoms with Gasteiger partial charge in [-0.1, -0.05) is 18.2 Å². The first-order chi connectivity index (χ1) is 12.8. The number of furan rings is 1. The fraction of sp³-hybridized carbons (Fsp3) is 0.571. The molecule has 0 atom stereocenters. The molecule has 2 heterocycles. The normalized spacial score (nSPS) is 19.1. The maximum absolute atomic E-state index is 5.88. The van der Waals surface area contributed by atoms with Gasteiger partial charge < -0.3 is 20.0 Å². The molecule has 1 aromatic heterocycles. The highest BCUT2D eigenvalue weighted by Gasteiger charge is 2.31. The van der Waals surface area contributed by atoms with Crippen LogP contribution in [-0.4, -0.2) is 49.1 Å². The first-order valence-electron chi connectivity index (χ1n) is 10.1. The minimum Gasteiger partial charge on any atom is -0.461 e. The maximum atomic E-state index is 5.88. The summed E-state index contributed by atoms with van der Waals surface area (Å²) in [5.41, 5.74) is 0.957. The summed E-state index contributed by atoms with van der Waals surface area (Å²) in [6, 6.07) is 11.7. The molecule has 27 heavy (non-hydrogen) atoms. The molecule has 4 rings (SSSR count). The molecule has 2 aliphatic rings. The zero-order valence-corrected chi connectivity index (χ0v) is 18.4. The second-order valence-corrected chi connectivity index (χ2v) is 7.45. The van der Waals surface area contributed by atoms with Gasteiger partial charge in [0.05, 0.1) is 0 Å². The van der Waals surface area contributed by atoms with Gasteiger partial charge in [0.1, 0.15) is 11.3 Å². The minimum absolute atomic E-state index is 0. The molecular formula is C21H31IN4O. The van der Waals surface area contributed by atoms with Crippen LogP contribution < -0.4 is 10.6 Å². The van der Waals surface area contributed by atoms with Gasteiger partial charge in [0.2, 0.25) is 0 Å². The Morgan fingerprint density at radius 3 is 2.67 bits per heavy atom. The molecule has 1 saturated heterocycles. The first kappa shape index (κ1) is 20.5. The van der Waals surface area contributed by atoms with Crippen LogP contribution in [0, 0.1) is 0 Å². The number of benzene rings is 1. The Balaban J connectivity index is 0.00000210. The third-order valence-corrected chi connectivity index (χ3v) is 5.38. The van der Waals surface area contributed by atoms with Crippen LogP contribution in [0.2, 0.25) is 0 Å². The number of guanidine groups is 1. The van der Waals surface area contributed by atoms with Crippen LogP contribution in [0.3, 0.4) is 0 Å². The molecule has 5 nitrogen and oxygen atoms in total. The topological polar surface area (TPSA) is 52.8 Å². The summed E-state index contributed by atoms with van der Waals surface area (Å²) in [5, 5.41) is 8.18. The van der Waals surface area contributed by atoms with Gasteiger partial charge in [-0.2, -0.15) is 0 Å². The van der Waals surface area contributed by atoms with E-state index in [1.54, 1.807) is 0 Å². The quantitative estimate of drug-likeness (QED) is 0.374. The number of nitrogens with one attached hydrogen (secondary N) is 2. The summed E-state index contributed by atoms with van der Waals surface area (Å²) in [4.78, 5) is 7.42. The predicted octanol–water partition coefficient (Wildman–Crippen LogP) is 3.78. The number of fused-ring (bicyclic) bond motifs is 1. The molecule has 1 aliphatic carbocycles. The van der Waals surface area contributed by atoms with E-state index in [9.17, 15) is 0 Å². The molecule has 1 aromatic carbocycles. The highest BCUT2D eigenvalue weighted by Crippen LogP contribution is 2.29. The zero-order valence-electron chi connectivity index (χ0n) is 16.1. The molecule has 0 radical (unpaired) electrons. The van der Waals surface area contributed by atoms with Crippen LogP contribution in [0.25, 0.3) is 11.0 Å². The van der Waals surface area contributed by atoms with E-state index in [2.05, 4.69) is 34.6 Å². The van der Waals surface area contributed by atoms with Gasteiger partial charge in [0.15, 0.2) is 5.96 Å². The molecule has 0 amide bonds. The molecule has 1 aliphatic heterocycles. The Morgan fingerprint density at radius 1 is 1.19 bits per heavy atom. The van der Waals surface area contributed by atoms with E-state index >= 15 is 0 Å². The van der Waals surface area contributed by atoms with Crippen LogP contribution >= 0.6 is 24.0 Å². The number of aliphatic imine (C=N–C) groups is 1. The SMILES string of the molecule is CCNC(=NCCc1cc2ccccc2o1)NC1CCN(C2CC2)CC1.I. The summed E-state index contributed by atoms with van der Waals surface area (Å²) in [5.74, 6) is 1.94. The van der Waals surface area contributed by atoms with Gasteiger partial charge in [-0.3, -0.25) is 4.99 Å². The van der Waals surface area contributed by atoms with Crippen LogP contribution in [0.5, 0.6) is 0 Å². The van der Waals surface area contributed by atoms with E-state index in [0.717, 1.165) is 42.9 Å². The third-order valence-electron chi connectivity index (χ3n) is 5.38. The van der Waals surface area contributed by atoms with Crippen molar-refractivity contribution in [2.75, 3.05) is 26.2 Å². The Kier molecular flexibility index (Phi) is 7.41. The lowest BCUT2D eigenvalue weighted by Gasteiger charge is -2.33. The average molecular weight is 482 g/mol. The number of hydrogen-bond donors (Lipinski definition) is 2. The molecule has 2 N–H and O–H groups in total. The van der Waals surface area contributed by atoms with Gasteiger partial charge in [0, 0.05) is 50.1 Å². The van der Waals surface area contributed by atoms with Crippen LogP contribution in [-0.2, 0) is 6.42 Å². The summed E-state index contributed by atoms with van der Waals surface area (Å²) in [7, 11) is 0. The summed E-state index contributed by atoms with van der Waals surface area (Å²) >= 11 is 0. The molecule has 1 saturated carbocycles. The van der Waals surface area contributed by atoms with Crippen molar-refractivity contribution in [3.05, 3.63) is 36.1 Å². The van der Waals surface area contributed by atoms with Crippen LogP contribution in [0.4, 0.5) is 0 Å². The van der Waals surface area contributed by atoms with Crippen molar-refractivity contribution < 1.29 is 4.42 Å². The molecule has 2 aromatic rings. The second kappa shape index (κ2) is 9.78. The van der Waals surface area contributed by atoms with Crippen LogP contribution in [0.1, 0.15) is 38.4 Å². The Bertz CT molecular complexity index is 714. The van der Waals surface area contributed by atoms with E-state index in [1.807, 2.05) is 18.2 Å². The fourth-order valence-electron chi connectivity index (χ4n) is 3.80. The van der Waals surface area contributed by atoms with Gasteiger partial charge >= 0.3 is 0 Å². The van der Waals surface area contributed by atoms with Crippen molar-refractivity contribution in [2.45, 2.75) is 51.1 Å². The standard InChI is InChI=1S/C21H30N4O.HI/c1-2-22-21(24-17-10-13-25(14-11-17)18-7-8-18)23-12-9-19-15-16-5-3-4-6-20(16)26-19;/h3-6,15,17-18H,2,7-14H2,1H3,(H2,22,23,24);1H. The summed E-state index contributed by atoms with van der Waals surface area (Å²) in [6.45, 7) is 6.18. The van der Waals surface area contributed by atoms with Gasteiger partial charge in [-0.15, -0.1) is 24.0 Å². The number of likely N-dealkylation sites (tertiary alicyclic amines) is 1. The van der Waals surface area contributed by atoms with Gasteiger partial charge in [-0.25, -0.2) is 0 Å². The lowest BCUT2D eigenvalue weighted by Crippen LogP contribution is -2.49. The molecule has 0 spiro atoms. The van der Waals surface area contributed by atoms with E-state index in [0.29, 0.717) is 6.04 Å². The van der Waals surface area contributed by atoms with Crippen molar-refractivity contribution >= 4 is 40.9 Å². The Labute approximate surface area is 179 Å². The van der Waals surface area contributed by atoms with Crippen molar-refractivity contribution in [1.82, 2.24) is 15.5 Å². The van der Waals surface area contributed by atoms with E-state index < -0.39 is 0 Å². The van der Waals surface area contributed by atoms with E-state index in [-0.39, 0.29) is 24.0 Å². The van der Waals surface area contributed by atoms with Crippen molar-refractivity contribution in [3.8, 4) is 0 Å². The smallest absolute Gasteiger partial charge is 0.191 e. The lowest BCUT2D eigenvalue weighted by molar-refractivity contribution is 0.197. The number of para-hydroxylation sites is 1. The lowest BCUT2D eigenvalue weighted by atomic mass is 10.1. The Hall–Kier alpha value is -1.28. The molecular weight excluding hydrogens is 451 g/mol. The highest BCUT2D eigenvalue weighted by molar-refractivity contribution is 14.0. The Morgan fingerprint density at radius 2 is 1.96 bits per heavy atom. The minimum atomic E-state index is 0. The van der Waals surface area contributed by atoms with Crippen molar-refractivity contribution in [2.24, 2.45) is 4.99 Å². The second-order valence-electron chi connectivity index (χ2n) is 7.45. The van der Waals surface area contributed by atoms with E-state index in [1.165, 1.54) is 44.2 Å². The van der Waals surface area contributed by atoms with E-state index in [4.69, 9.17) is 9.41 Å². The number of halogens is 1. The van der Waals surface area contributed by atoms with Crippen molar-refractivity contribution in [1.29, 1.82) is 0 Å². The number of hydrogen-bond acceptors (Lipinski definition) is 3. The van der Waals surface area contributed by atoms with Gasteiger partial charge in [0.25, 0.3) is 0 Å². The predicted molar refractivity (Wildman–Crippen MR) is 122 cm³/mol. The molecule has 0 bridgehead atoms. The monoisotopic (exact) mass is 482 g/mol. The summed E-state index contributed by atoms with van der Waals surface area (Å²) in [6.07, 6.45) is 6.06. The number of nitrogens with zero attached hydrogens (tertiary/aromatic N) is 2. The third kappa shape index (κ3) is 5.60. The molecule has 0 unspecified atom stereocenters. The maximum Gasteiger partial charge on any atom is 0.191 e. The summed E-state index contributed by atoms with van der Waals surface area (Å²) < 4.78 is 5.88. The van der Waals surface area contributed by atoms with Crippen LogP contribution in [0.15, 0.2) is 39.7 Å². The zero-order chi connectivity index (χ0) is 17.8. The number of rotatable bonds is 6. The van der Waals surface area contributed by atoms with Crippen molar-refractivity contribution in [3.63, 3.8) is 0 Å². The average Bonchev–Trinajstić information content (AvgIpc) is 3.42. The molecule has 6 heteroatoms. The highest BCUT2D eigenvalue weighted by atomic mass is 127. The fourth-order valence-corrected chi connectivity index (χ4v) is 3.80. The van der Waals surface area contributed by atoms with Gasteiger partial charge in [-0.05, 0) is 44.7 Å². The number of piperidine rings is 1.